The molecule has 1 fully saturated rings. The molecule has 208 valence electrons. The number of nitrogens with zero attached hydrogens (tertiary/aromatic N) is 4. The molecule has 4 rings (SSSR count). The fourth-order valence-corrected chi connectivity index (χ4v) is 5.08. The quantitative estimate of drug-likeness (QED) is 0.396. The average molecular weight is 534 g/mol. The van der Waals surface area contributed by atoms with Crippen LogP contribution in [0.3, 0.4) is 0 Å². The lowest BCUT2D eigenvalue weighted by molar-refractivity contribution is -0.148. The first-order valence-electron chi connectivity index (χ1n) is 13.8. The maximum absolute atomic E-state index is 13.1. The van der Waals surface area contributed by atoms with Crippen LogP contribution in [0.5, 0.6) is 0 Å². The number of benzene rings is 2. The van der Waals surface area contributed by atoms with Gasteiger partial charge < -0.3 is 15.0 Å². The number of esters is 1. The van der Waals surface area contributed by atoms with E-state index in [1.165, 1.54) is 4.68 Å². The molecule has 1 unspecified atom stereocenters. The Kier molecular flexibility index (Phi) is 9.22. The van der Waals surface area contributed by atoms with E-state index in [0.717, 1.165) is 42.9 Å². The first-order chi connectivity index (χ1) is 18.8. The van der Waals surface area contributed by atoms with E-state index in [2.05, 4.69) is 15.3 Å². The summed E-state index contributed by atoms with van der Waals surface area (Å²) in [5.74, 6) is -0.238. The maximum atomic E-state index is 13.1. The van der Waals surface area contributed by atoms with E-state index in [0.29, 0.717) is 13.0 Å². The minimum atomic E-state index is -0.614. The van der Waals surface area contributed by atoms with Crippen molar-refractivity contribution in [1.82, 2.24) is 19.7 Å². The summed E-state index contributed by atoms with van der Waals surface area (Å²) in [6.45, 7) is 9.52. The number of hydrogen-bond acceptors (Lipinski definition) is 6. The van der Waals surface area contributed by atoms with Crippen molar-refractivity contribution in [3.63, 3.8) is 0 Å². The molecule has 2 aromatic carbocycles. The highest BCUT2D eigenvalue weighted by atomic mass is 16.5. The van der Waals surface area contributed by atoms with Crippen LogP contribution in [0.4, 0.5) is 5.69 Å². The Morgan fingerprint density at radius 1 is 1.00 bits per heavy atom. The van der Waals surface area contributed by atoms with Crippen LogP contribution < -0.4 is 15.9 Å². The van der Waals surface area contributed by atoms with Gasteiger partial charge in [-0.3, -0.25) is 4.79 Å². The van der Waals surface area contributed by atoms with Crippen LogP contribution in [0.2, 0.25) is 0 Å². The molecule has 9 heteroatoms. The second kappa shape index (κ2) is 12.8. The van der Waals surface area contributed by atoms with Gasteiger partial charge in [0, 0.05) is 25.2 Å². The molecule has 1 amide bonds. The van der Waals surface area contributed by atoms with E-state index < -0.39 is 6.04 Å². The number of piperidine rings is 1. The molecule has 1 aliphatic heterocycles. The molecular formula is C30H39N5O4. The minimum absolute atomic E-state index is 0.0321. The maximum Gasteiger partial charge on any atom is 0.350 e. The van der Waals surface area contributed by atoms with Crippen molar-refractivity contribution in [2.45, 2.75) is 59.0 Å². The Labute approximate surface area is 229 Å². The average Bonchev–Trinajstić information content (AvgIpc) is 3.33. The van der Waals surface area contributed by atoms with Crippen molar-refractivity contribution < 1.29 is 14.3 Å². The van der Waals surface area contributed by atoms with E-state index in [1.54, 1.807) is 17.8 Å². The molecule has 0 saturated carbocycles. The van der Waals surface area contributed by atoms with Gasteiger partial charge in [0.25, 0.3) is 0 Å². The summed E-state index contributed by atoms with van der Waals surface area (Å²) in [5, 5.41) is 7.23. The van der Waals surface area contributed by atoms with E-state index in [4.69, 9.17) is 4.74 Å². The number of aromatic nitrogens is 3. The second-order valence-corrected chi connectivity index (χ2v) is 10.5. The molecule has 0 radical (unpaired) electrons. The molecule has 0 spiro atoms. The Hall–Kier alpha value is -3.88. The molecule has 1 aromatic heterocycles. The van der Waals surface area contributed by atoms with Crippen LogP contribution in [0, 0.1) is 11.8 Å². The van der Waals surface area contributed by atoms with Gasteiger partial charge in [0.15, 0.2) is 0 Å². The lowest BCUT2D eigenvalue weighted by atomic mass is 9.92. The second-order valence-electron chi connectivity index (χ2n) is 10.5. The third-order valence-electron chi connectivity index (χ3n) is 7.45. The first-order valence-corrected chi connectivity index (χ1v) is 13.8. The summed E-state index contributed by atoms with van der Waals surface area (Å²) < 4.78 is 8.17. The number of carbonyl (C=O) groups is 2. The smallest absolute Gasteiger partial charge is 0.350 e. The number of hydrogen-bond donors (Lipinski definition) is 1. The van der Waals surface area contributed by atoms with E-state index in [1.807, 2.05) is 75.4 Å². The van der Waals surface area contributed by atoms with Crippen LogP contribution in [0.25, 0.3) is 5.69 Å². The summed E-state index contributed by atoms with van der Waals surface area (Å²) in [5.41, 5.74) is 2.70. The molecule has 2 atom stereocenters. The fraction of sp³-hybridized carbons (Fsp3) is 0.467. The van der Waals surface area contributed by atoms with Crippen molar-refractivity contribution in [3.05, 3.63) is 77.0 Å². The summed E-state index contributed by atoms with van der Waals surface area (Å²) in [6, 6.07) is 17.0. The Balaban J connectivity index is 1.32. The third kappa shape index (κ3) is 6.77. The molecular weight excluding hydrogens is 494 g/mol. The van der Waals surface area contributed by atoms with Gasteiger partial charge in [-0.25, -0.2) is 18.8 Å². The lowest BCUT2D eigenvalue weighted by Crippen LogP contribution is -2.46. The normalized spacial score (nSPS) is 15.7. The molecule has 39 heavy (non-hydrogen) atoms. The molecule has 3 aromatic rings. The summed E-state index contributed by atoms with van der Waals surface area (Å²) in [7, 11) is 0. The highest BCUT2D eigenvalue weighted by Crippen LogP contribution is 2.26. The number of carbonyl (C=O) groups excluding carboxylic acids is 2. The predicted molar refractivity (Wildman–Crippen MR) is 151 cm³/mol. The lowest BCUT2D eigenvalue weighted by Gasteiger charge is -2.33. The fourth-order valence-electron chi connectivity index (χ4n) is 5.08. The van der Waals surface area contributed by atoms with Gasteiger partial charge >= 0.3 is 11.7 Å². The van der Waals surface area contributed by atoms with Gasteiger partial charge in [-0.2, -0.15) is 5.10 Å². The molecule has 1 N–H and O–H groups in total. The molecule has 0 aliphatic carbocycles. The largest absolute Gasteiger partial charge is 0.464 e. The number of rotatable bonds is 10. The summed E-state index contributed by atoms with van der Waals surface area (Å²) in [6.07, 6.45) is 3.76. The van der Waals surface area contributed by atoms with Gasteiger partial charge in [0.05, 0.1) is 18.3 Å². The number of amides is 1. The SMILES string of the molecule is CCOC(=O)[C@H](NC(=O)CC1CCN(c2ccc(-n3cnn(C(C)c4ccccc4)c3=O)cc2)CC1)C(C)C. The van der Waals surface area contributed by atoms with Crippen molar-refractivity contribution in [1.29, 1.82) is 0 Å². The zero-order chi connectivity index (χ0) is 27.9. The highest BCUT2D eigenvalue weighted by molar-refractivity contribution is 5.84. The Morgan fingerprint density at radius 3 is 2.26 bits per heavy atom. The van der Waals surface area contributed by atoms with Gasteiger partial charge in [-0.05, 0) is 68.4 Å². The number of anilines is 1. The first kappa shape index (κ1) is 28.1. The monoisotopic (exact) mass is 533 g/mol. The predicted octanol–water partition coefficient (Wildman–Crippen LogP) is 3.95. The van der Waals surface area contributed by atoms with Gasteiger partial charge in [-0.15, -0.1) is 0 Å². The van der Waals surface area contributed by atoms with Crippen LogP contribution in [0.15, 0.2) is 65.7 Å². The number of ether oxygens (including phenoxy) is 1. The van der Waals surface area contributed by atoms with Crippen LogP contribution in [-0.2, 0) is 14.3 Å². The van der Waals surface area contributed by atoms with Crippen molar-refractivity contribution in [3.8, 4) is 5.69 Å². The summed E-state index contributed by atoms with van der Waals surface area (Å²) in [4.78, 5) is 40.2. The molecule has 9 nitrogen and oxygen atoms in total. The molecule has 0 bridgehead atoms. The van der Waals surface area contributed by atoms with Gasteiger partial charge in [-0.1, -0.05) is 44.2 Å². The van der Waals surface area contributed by atoms with Crippen molar-refractivity contribution in [2.75, 3.05) is 24.6 Å². The zero-order valence-electron chi connectivity index (χ0n) is 23.2. The van der Waals surface area contributed by atoms with E-state index >= 15 is 0 Å². The standard InChI is InChI=1S/C30H39N5O4/c1-5-39-29(37)28(21(2)3)32-27(36)19-23-15-17-33(18-16-23)25-11-13-26(14-12-25)34-20-31-35(30(34)38)22(4)24-9-7-6-8-10-24/h6-14,20-23,28H,5,15-19H2,1-4H3,(H,32,36)/t22?,28-/m1/s1. The molecule has 1 aliphatic rings. The zero-order valence-corrected chi connectivity index (χ0v) is 23.2. The van der Waals surface area contributed by atoms with E-state index in [-0.39, 0.29) is 35.4 Å². The Bertz CT molecular complexity index is 1290. The van der Waals surface area contributed by atoms with Crippen LogP contribution in [-0.4, -0.2) is 52.0 Å². The van der Waals surface area contributed by atoms with Crippen LogP contribution >= 0.6 is 0 Å². The topological polar surface area (TPSA) is 98.5 Å². The van der Waals surface area contributed by atoms with E-state index in [9.17, 15) is 14.4 Å². The highest BCUT2D eigenvalue weighted by Gasteiger charge is 2.28. The van der Waals surface area contributed by atoms with Crippen molar-refractivity contribution >= 4 is 17.6 Å². The molecule has 1 saturated heterocycles. The number of nitrogens with one attached hydrogen (secondary N) is 1. The minimum Gasteiger partial charge on any atom is -0.464 e. The van der Waals surface area contributed by atoms with Crippen molar-refractivity contribution in [2.24, 2.45) is 11.8 Å². The molecule has 2 heterocycles. The Morgan fingerprint density at radius 2 is 1.64 bits per heavy atom. The van der Waals surface area contributed by atoms with Gasteiger partial charge in [0.1, 0.15) is 12.4 Å². The van der Waals surface area contributed by atoms with Gasteiger partial charge in [0.2, 0.25) is 5.91 Å². The third-order valence-corrected chi connectivity index (χ3v) is 7.45. The van der Waals surface area contributed by atoms with Crippen LogP contribution in [0.1, 0.15) is 58.6 Å². The summed E-state index contributed by atoms with van der Waals surface area (Å²) >= 11 is 0.